The highest BCUT2D eigenvalue weighted by molar-refractivity contribution is 5.78. The third-order valence-electron chi connectivity index (χ3n) is 5.21. The van der Waals surface area contributed by atoms with Crippen molar-refractivity contribution in [2.75, 3.05) is 33.4 Å². The second-order valence-corrected chi connectivity index (χ2v) is 7.54. The molecule has 0 aliphatic carbocycles. The lowest BCUT2D eigenvalue weighted by Gasteiger charge is -2.42. The number of nitrogens with two attached hydrogens (primary N) is 1. The van der Waals surface area contributed by atoms with Gasteiger partial charge in [0.15, 0.2) is 0 Å². The van der Waals surface area contributed by atoms with Crippen LogP contribution in [0.5, 0.6) is 11.5 Å². The van der Waals surface area contributed by atoms with Gasteiger partial charge in [0.2, 0.25) is 11.8 Å². The van der Waals surface area contributed by atoms with Crippen molar-refractivity contribution >= 4 is 11.8 Å². The van der Waals surface area contributed by atoms with Crippen LogP contribution in [0.25, 0.3) is 0 Å². The molecule has 0 radical (unpaired) electrons. The zero-order valence-corrected chi connectivity index (χ0v) is 17.5. The van der Waals surface area contributed by atoms with Crippen molar-refractivity contribution in [2.45, 2.75) is 24.9 Å². The molecule has 0 spiro atoms. The number of hydrogen-bond donors (Lipinski definition) is 1. The van der Waals surface area contributed by atoms with Gasteiger partial charge in [-0.3, -0.25) is 9.59 Å². The van der Waals surface area contributed by atoms with Gasteiger partial charge in [0, 0.05) is 13.0 Å². The average molecular weight is 430 g/mol. The lowest BCUT2D eigenvalue weighted by Crippen LogP contribution is -2.58. The van der Waals surface area contributed by atoms with Crippen molar-refractivity contribution in [3.63, 3.8) is 0 Å². The number of rotatable bonds is 9. The highest BCUT2D eigenvalue weighted by Gasteiger charge is 2.40. The minimum absolute atomic E-state index is 0.0118. The molecule has 1 aliphatic rings. The lowest BCUT2D eigenvalue weighted by atomic mass is 9.97. The third-order valence-corrected chi connectivity index (χ3v) is 5.21. The largest absolute Gasteiger partial charge is 0.496 e. The average Bonchev–Trinajstić information content (AvgIpc) is 2.77. The lowest BCUT2D eigenvalue weighted by molar-refractivity contribution is -0.161. The minimum Gasteiger partial charge on any atom is -0.496 e. The molecule has 7 nitrogen and oxygen atoms in total. The van der Waals surface area contributed by atoms with E-state index in [0.29, 0.717) is 25.1 Å². The van der Waals surface area contributed by atoms with Gasteiger partial charge < -0.3 is 24.8 Å². The number of carbonyl (C=O) groups is 2. The molecule has 1 atom stereocenters. The molecule has 31 heavy (non-hydrogen) atoms. The van der Waals surface area contributed by atoms with Crippen LogP contribution in [-0.2, 0) is 20.7 Å². The van der Waals surface area contributed by atoms with Crippen LogP contribution in [0.1, 0.15) is 18.4 Å². The van der Waals surface area contributed by atoms with Gasteiger partial charge in [0.25, 0.3) is 0 Å². The van der Waals surface area contributed by atoms with E-state index in [4.69, 9.17) is 19.9 Å². The Morgan fingerprint density at radius 1 is 1.19 bits per heavy atom. The number of morpholine rings is 1. The maximum absolute atomic E-state index is 13.1. The highest BCUT2D eigenvalue weighted by atomic mass is 19.1. The summed E-state index contributed by atoms with van der Waals surface area (Å²) in [4.78, 5) is 26.3. The molecule has 2 aromatic carbocycles. The van der Waals surface area contributed by atoms with E-state index in [2.05, 4.69) is 0 Å². The summed E-state index contributed by atoms with van der Waals surface area (Å²) in [6, 6.07) is 13.1. The monoisotopic (exact) mass is 430 g/mol. The number of benzene rings is 2. The van der Waals surface area contributed by atoms with Gasteiger partial charge in [0.05, 0.1) is 26.7 Å². The quantitative estimate of drug-likeness (QED) is 0.659. The molecule has 1 heterocycles. The van der Waals surface area contributed by atoms with E-state index in [-0.39, 0.29) is 37.9 Å². The van der Waals surface area contributed by atoms with Gasteiger partial charge >= 0.3 is 0 Å². The number of primary amides is 1. The van der Waals surface area contributed by atoms with Gasteiger partial charge in [-0.1, -0.05) is 18.2 Å². The molecular weight excluding hydrogens is 403 g/mol. The number of nitrogens with zero attached hydrogens (tertiary/aromatic N) is 1. The molecule has 1 unspecified atom stereocenters. The molecule has 3 rings (SSSR count). The number of hydrogen-bond acceptors (Lipinski definition) is 5. The molecule has 2 amide bonds. The van der Waals surface area contributed by atoms with Crippen LogP contribution in [0.4, 0.5) is 4.39 Å². The number of amides is 2. The zero-order valence-electron chi connectivity index (χ0n) is 17.5. The molecular formula is C23H27FN2O5. The summed E-state index contributed by atoms with van der Waals surface area (Å²) in [5, 5.41) is 0. The zero-order chi connectivity index (χ0) is 22.3. The third kappa shape index (κ3) is 6.18. The summed E-state index contributed by atoms with van der Waals surface area (Å²) in [6.07, 6.45) is 0.741. The number of ether oxygens (including phenoxy) is 3. The normalized spacial score (nSPS) is 18.5. The molecule has 1 saturated heterocycles. The van der Waals surface area contributed by atoms with Gasteiger partial charge in [-0.05, 0) is 42.3 Å². The Balaban J connectivity index is 1.65. The number of aryl methyl sites for hydroxylation is 1. The summed E-state index contributed by atoms with van der Waals surface area (Å²) < 4.78 is 30.1. The van der Waals surface area contributed by atoms with Crippen LogP contribution in [0.15, 0.2) is 48.5 Å². The summed E-state index contributed by atoms with van der Waals surface area (Å²) in [7, 11) is 1.60. The summed E-state index contributed by atoms with van der Waals surface area (Å²) in [5.74, 6) is 0.206. The Bertz CT molecular complexity index is 905. The maximum Gasteiger partial charge on any atom is 0.223 e. The Kier molecular flexibility index (Phi) is 7.46. The first-order valence-electron chi connectivity index (χ1n) is 10.1. The Hall–Kier alpha value is -3.13. The van der Waals surface area contributed by atoms with Crippen molar-refractivity contribution in [1.29, 1.82) is 0 Å². The summed E-state index contributed by atoms with van der Waals surface area (Å²) in [5.41, 5.74) is 5.34. The molecule has 8 heteroatoms. The maximum atomic E-state index is 13.1. The Labute approximate surface area is 180 Å². The van der Waals surface area contributed by atoms with Crippen molar-refractivity contribution in [2.24, 2.45) is 5.73 Å². The molecule has 0 bridgehead atoms. The number of halogens is 1. The van der Waals surface area contributed by atoms with Crippen LogP contribution >= 0.6 is 0 Å². The fourth-order valence-electron chi connectivity index (χ4n) is 3.68. The summed E-state index contributed by atoms with van der Waals surface area (Å²) in [6.45, 7) is 0.877. The van der Waals surface area contributed by atoms with E-state index >= 15 is 0 Å². The SMILES string of the molecule is COc1ccccc1CCC(=O)N1CCOC(COc2ccc(F)cc2)(CC(N)=O)C1. The van der Waals surface area contributed by atoms with Crippen LogP contribution in [-0.4, -0.2) is 55.7 Å². The van der Waals surface area contributed by atoms with E-state index in [0.717, 1.165) is 11.3 Å². The van der Waals surface area contributed by atoms with Crippen LogP contribution in [0.3, 0.4) is 0 Å². The standard InChI is InChI=1S/C23H27FN2O5/c1-29-20-5-3-2-4-17(20)6-11-22(28)26-12-13-31-23(15-26,14-21(25)27)16-30-19-9-7-18(24)8-10-19/h2-5,7-10H,6,11-16H2,1H3,(H2,25,27). The van der Waals surface area contributed by atoms with E-state index in [1.54, 1.807) is 12.0 Å². The molecule has 2 N–H and O–H groups in total. The highest BCUT2D eigenvalue weighted by Crippen LogP contribution is 2.26. The van der Waals surface area contributed by atoms with E-state index in [1.807, 2.05) is 24.3 Å². The van der Waals surface area contributed by atoms with Crippen molar-refractivity contribution in [3.8, 4) is 11.5 Å². The smallest absolute Gasteiger partial charge is 0.223 e. The number of carbonyl (C=O) groups excluding carboxylic acids is 2. The van der Waals surface area contributed by atoms with Crippen molar-refractivity contribution in [1.82, 2.24) is 4.90 Å². The number of para-hydroxylation sites is 1. The predicted octanol–water partition coefficient (Wildman–Crippen LogP) is 2.32. The van der Waals surface area contributed by atoms with Crippen LogP contribution in [0.2, 0.25) is 0 Å². The van der Waals surface area contributed by atoms with Gasteiger partial charge in [-0.2, -0.15) is 0 Å². The molecule has 0 saturated carbocycles. The van der Waals surface area contributed by atoms with Gasteiger partial charge in [0.1, 0.15) is 29.5 Å². The first-order valence-corrected chi connectivity index (χ1v) is 10.1. The fourth-order valence-corrected chi connectivity index (χ4v) is 3.68. The van der Waals surface area contributed by atoms with Crippen molar-refractivity contribution < 1.29 is 28.2 Å². The molecule has 0 aromatic heterocycles. The van der Waals surface area contributed by atoms with Crippen molar-refractivity contribution in [3.05, 3.63) is 59.9 Å². The topological polar surface area (TPSA) is 91.1 Å². The molecule has 166 valence electrons. The number of methoxy groups -OCH3 is 1. The van der Waals surface area contributed by atoms with Crippen LogP contribution in [0, 0.1) is 5.82 Å². The first-order chi connectivity index (χ1) is 14.9. The molecule has 1 fully saturated rings. The summed E-state index contributed by atoms with van der Waals surface area (Å²) >= 11 is 0. The van der Waals surface area contributed by atoms with Crippen LogP contribution < -0.4 is 15.2 Å². The van der Waals surface area contributed by atoms with Gasteiger partial charge in [-0.15, -0.1) is 0 Å². The minimum atomic E-state index is -1.06. The Morgan fingerprint density at radius 2 is 1.94 bits per heavy atom. The van der Waals surface area contributed by atoms with E-state index in [9.17, 15) is 14.0 Å². The van der Waals surface area contributed by atoms with E-state index < -0.39 is 11.5 Å². The fraction of sp³-hybridized carbons (Fsp3) is 0.391. The second-order valence-electron chi connectivity index (χ2n) is 7.54. The first kappa shape index (κ1) is 22.6. The molecule has 2 aromatic rings. The van der Waals surface area contributed by atoms with Gasteiger partial charge in [-0.25, -0.2) is 4.39 Å². The molecule has 1 aliphatic heterocycles. The Morgan fingerprint density at radius 3 is 2.65 bits per heavy atom. The van der Waals surface area contributed by atoms with E-state index in [1.165, 1.54) is 24.3 Å². The second kappa shape index (κ2) is 10.3. The predicted molar refractivity (Wildman–Crippen MR) is 112 cm³/mol.